The van der Waals surface area contributed by atoms with E-state index in [4.69, 9.17) is 0 Å². The Morgan fingerprint density at radius 3 is 2.13 bits per heavy atom. The molecule has 0 radical (unpaired) electrons. The topological polar surface area (TPSA) is 15.8 Å². The van der Waals surface area contributed by atoms with Crippen LogP contribution in [-0.2, 0) is 0 Å². The largest absolute Gasteiger partial charge is 0.354 e. The average Bonchev–Trinajstić information content (AvgIpc) is 3.16. The van der Waals surface area contributed by atoms with Crippen molar-refractivity contribution in [2.24, 2.45) is 0 Å². The fraction of sp³-hybridized carbons (Fsp3) is 0. The standard InChI is InChI=1S/C28H18BN/c29-23-13-9-17-6-12-22-27-19(8-10-20(23)26(17)27)15-25-28(22)21-11-7-18(14-24(21)30-25)16-4-2-1-3-5-16/h1-15,30H,29H2. The maximum atomic E-state index is 3.70. The molecule has 7 aromatic rings. The summed E-state index contributed by atoms with van der Waals surface area (Å²) >= 11 is 0. The number of hydrogen-bond acceptors (Lipinski definition) is 0. The molecule has 1 nitrogen and oxygen atoms in total. The molecule has 0 bridgehead atoms. The summed E-state index contributed by atoms with van der Waals surface area (Å²) in [6.45, 7) is 0. The normalized spacial score (nSPS) is 12.1. The van der Waals surface area contributed by atoms with E-state index in [0.29, 0.717) is 0 Å². The SMILES string of the molecule is Bc1ccc2ccc3c4c(cc5ccc1c2c53)[nH]c1cc(-c2ccccc2)ccc14. The lowest BCUT2D eigenvalue weighted by Crippen LogP contribution is -2.03. The molecule has 1 aromatic heterocycles. The van der Waals surface area contributed by atoms with Crippen LogP contribution in [0.15, 0.2) is 91.0 Å². The Labute approximate surface area is 174 Å². The summed E-state index contributed by atoms with van der Waals surface area (Å²) < 4.78 is 0. The van der Waals surface area contributed by atoms with Gasteiger partial charge in [-0.05, 0) is 55.6 Å². The van der Waals surface area contributed by atoms with E-state index in [-0.39, 0.29) is 0 Å². The number of H-pyrrole nitrogens is 1. The molecular weight excluding hydrogens is 361 g/mol. The first-order valence-corrected chi connectivity index (χ1v) is 10.5. The maximum absolute atomic E-state index is 3.70. The van der Waals surface area contributed by atoms with Crippen molar-refractivity contribution in [1.29, 1.82) is 0 Å². The van der Waals surface area contributed by atoms with E-state index in [2.05, 4.69) is 104 Å². The molecule has 0 unspecified atom stereocenters. The van der Waals surface area contributed by atoms with Gasteiger partial charge in [0.1, 0.15) is 7.85 Å². The summed E-state index contributed by atoms with van der Waals surface area (Å²) in [7, 11) is 2.21. The van der Waals surface area contributed by atoms with Gasteiger partial charge in [-0.2, -0.15) is 0 Å². The van der Waals surface area contributed by atoms with Crippen LogP contribution in [-0.4, -0.2) is 12.8 Å². The van der Waals surface area contributed by atoms with Gasteiger partial charge in [-0.25, -0.2) is 0 Å². The van der Waals surface area contributed by atoms with Gasteiger partial charge in [-0.1, -0.05) is 84.3 Å². The molecule has 0 aliphatic rings. The number of aromatic nitrogens is 1. The maximum Gasteiger partial charge on any atom is 0.140 e. The molecule has 0 saturated heterocycles. The third kappa shape index (κ3) is 2.03. The van der Waals surface area contributed by atoms with E-state index in [1.54, 1.807) is 0 Å². The van der Waals surface area contributed by atoms with Crippen LogP contribution in [0.5, 0.6) is 0 Å². The summed E-state index contributed by atoms with van der Waals surface area (Å²) in [5.41, 5.74) is 6.22. The molecule has 0 aliphatic carbocycles. The fourth-order valence-corrected chi connectivity index (χ4v) is 5.23. The summed E-state index contributed by atoms with van der Waals surface area (Å²) in [6, 6.07) is 33.3. The van der Waals surface area contributed by atoms with E-state index in [1.807, 2.05) is 0 Å². The van der Waals surface area contributed by atoms with E-state index < -0.39 is 0 Å². The second kappa shape index (κ2) is 5.64. The Morgan fingerprint density at radius 1 is 0.500 bits per heavy atom. The third-order valence-electron chi connectivity index (χ3n) is 6.67. The lowest BCUT2D eigenvalue weighted by molar-refractivity contribution is 1.55. The van der Waals surface area contributed by atoms with Gasteiger partial charge >= 0.3 is 0 Å². The second-order valence-electron chi connectivity index (χ2n) is 8.36. The lowest BCUT2D eigenvalue weighted by Gasteiger charge is -2.13. The lowest BCUT2D eigenvalue weighted by atomic mass is 9.84. The van der Waals surface area contributed by atoms with E-state index in [1.165, 1.54) is 70.7 Å². The van der Waals surface area contributed by atoms with Crippen LogP contribution in [0.4, 0.5) is 0 Å². The van der Waals surface area contributed by atoms with Crippen molar-refractivity contribution >= 4 is 67.4 Å². The van der Waals surface area contributed by atoms with Crippen LogP contribution < -0.4 is 5.46 Å². The van der Waals surface area contributed by atoms with Gasteiger partial charge < -0.3 is 4.98 Å². The van der Waals surface area contributed by atoms with Crippen LogP contribution in [0, 0.1) is 0 Å². The molecule has 0 atom stereocenters. The number of aromatic amines is 1. The van der Waals surface area contributed by atoms with Crippen molar-refractivity contribution in [1.82, 2.24) is 4.98 Å². The van der Waals surface area contributed by atoms with Crippen molar-refractivity contribution in [2.75, 3.05) is 0 Å². The van der Waals surface area contributed by atoms with Crippen LogP contribution in [0.25, 0.3) is 65.3 Å². The second-order valence-corrected chi connectivity index (χ2v) is 8.36. The molecule has 138 valence electrons. The van der Waals surface area contributed by atoms with Crippen molar-refractivity contribution in [3.63, 3.8) is 0 Å². The predicted octanol–water partition coefficient (Wildman–Crippen LogP) is 6.14. The van der Waals surface area contributed by atoms with E-state index >= 15 is 0 Å². The summed E-state index contributed by atoms with van der Waals surface area (Å²) in [4.78, 5) is 3.70. The average molecular weight is 379 g/mol. The molecule has 0 fully saturated rings. The highest BCUT2D eigenvalue weighted by molar-refractivity contribution is 6.43. The monoisotopic (exact) mass is 379 g/mol. The van der Waals surface area contributed by atoms with Crippen LogP contribution >= 0.6 is 0 Å². The van der Waals surface area contributed by atoms with Gasteiger partial charge in [0.15, 0.2) is 0 Å². The molecule has 0 aliphatic heterocycles. The molecule has 30 heavy (non-hydrogen) atoms. The van der Waals surface area contributed by atoms with Gasteiger partial charge in [0.2, 0.25) is 0 Å². The van der Waals surface area contributed by atoms with Crippen molar-refractivity contribution in [2.45, 2.75) is 0 Å². The molecular formula is C28H18BN. The third-order valence-corrected chi connectivity index (χ3v) is 6.67. The molecule has 0 spiro atoms. The highest BCUT2D eigenvalue weighted by atomic mass is 14.7. The van der Waals surface area contributed by atoms with Crippen molar-refractivity contribution in [3.8, 4) is 11.1 Å². The Morgan fingerprint density at radius 2 is 1.23 bits per heavy atom. The Kier molecular flexibility index (Phi) is 3.02. The van der Waals surface area contributed by atoms with Gasteiger partial charge in [-0.3, -0.25) is 0 Å². The number of benzene rings is 6. The van der Waals surface area contributed by atoms with Crippen molar-refractivity contribution < 1.29 is 0 Å². The first kappa shape index (κ1) is 16.1. The highest BCUT2D eigenvalue weighted by Gasteiger charge is 2.15. The Balaban J connectivity index is 1.64. The molecule has 0 saturated carbocycles. The van der Waals surface area contributed by atoms with Gasteiger partial charge in [-0.15, -0.1) is 0 Å². The minimum atomic E-state index is 1.19. The Bertz CT molecular complexity index is 1740. The summed E-state index contributed by atoms with van der Waals surface area (Å²) in [5.74, 6) is 0. The molecule has 1 N–H and O–H groups in total. The number of fused-ring (bicyclic) bond motifs is 4. The molecule has 7 rings (SSSR count). The fourth-order valence-electron chi connectivity index (χ4n) is 5.23. The minimum absolute atomic E-state index is 1.19. The number of rotatable bonds is 1. The van der Waals surface area contributed by atoms with Crippen LogP contribution in [0.3, 0.4) is 0 Å². The first-order chi connectivity index (χ1) is 14.8. The van der Waals surface area contributed by atoms with Crippen LogP contribution in [0.2, 0.25) is 0 Å². The smallest absolute Gasteiger partial charge is 0.140 e. The zero-order valence-corrected chi connectivity index (χ0v) is 16.7. The van der Waals surface area contributed by atoms with Gasteiger partial charge in [0.05, 0.1) is 0 Å². The zero-order valence-electron chi connectivity index (χ0n) is 16.7. The van der Waals surface area contributed by atoms with Gasteiger partial charge in [0, 0.05) is 21.8 Å². The summed E-state index contributed by atoms with van der Waals surface area (Å²) in [5, 5.41) is 10.7. The molecule has 0 amide bonds. The van der Waals surface area contributed by atoms with E-state index in [9.17, 15) is 0 Å². The quantitative estimate of drug-likeness (QED) is 0.260. The predicted molar refractivity (Wildman–Crippen MR) is 133 cm³/mol. The highest BCUT2D eigenvalue weighted by Crippen LogP contribution is 2.41. The molecule has 6 aromatic carbocycles. The summed E-state index contributed by atoms with van der Waals surface area (Å²) in [6.07, 6.45) is 0. The zero-order chi connectivity index (χ0) is 19.8. The molecule has 2 heteroatoms. The molecule has 1 heterocycles. The Hall–Kier alpha value is -3.78. The number of hydrogen-bond donors (Lipinski definition) is 1. The van der Waals surface area contributed by atoms with Gasteiger partial charge in [0.25, 0.3) is 0 Å². The van der Waals surface area contributed by atoms with Crippen molar-refractivity contribution in [3.05, 3.63) is 91.0 Å². The van der Waals surface area contributed by atoms with E-state index in [0.717, 1.165) is 0 Å². The number of nitrogens with one attached hydrogen (secondary N) is 1. The van der Waals surface area contributed by atoms with Crippen LogP contribution in [0.1, 0.15) is 0 Å². The minimum Gasteiger partial charge on any atom is -0.354 e. The first-order valence-electron chi connectivity index (χ1n) is 10.5.